The van der Waals surface area contributed by atoms with Crippen LogP contribution in [0.2, 0.25) is 10.0 Å². The Morgan fingerprint density at radius 2 is 1.88 bits per heavy atom. The first kappa shape index (κ1) is 18.2. The van der Waals surface area contributed by atoms with Gasteiger partial charge >= 0.3 is 0 Å². The monoisotopic (exact) mass is 408 g/mol. The number of nitrogens with zero attached hydrogens (tertiary/aromatic N) is 3. The van der Waals surface area contributed by atoms with Gasteiger partial charge in [0.25, 0.3) is 11.6 Å². The molecule has 0 bridgehead atoms. The van der Waals surface area contributed by atoms with E-state index in [4.69, 9.17) is 23.2 Å². The van der Waals surface area contributed by atoms with Crippen LogP contribution in [0.4, 0.5) is 10.8 Å². The number of carbonyl (C=O) groups excluding carboxylic acids is 1. The number of hydrogen-bond acceptors (Lipinski definition) is 6. The van der Waals surface area contributed by atoms with Crippen LogP contribution in [0.15, 0.2) is 42.5 Å². The zero-order valence-corrected chi connectivity index (χ0v) is 15.3. The lowest BCUT2D eigenvalue weighted by Gasteiger charge is -2.03. The van der Waals surface area contributed by atoms with Crippen molar-refractivity contribution in [2.75, 3.05) is 5.32 Å². The molecule has 0 saturated heterocycles. The number of hydrogen-bond donors (Lipinski definition) is 1. The van der Waals surface area contributed by atoms with Gasteiger partial charge in [0.15, 0.2) is 0 Å². The van der Waals surface area contributed by atoms with Gasteiger partial charge < -0.3 is 0 Å². The first-order valence-corrected chi connectivity index (χ1v) is 8.82. The third-order valence-electron chi connectivity index (χ3n) is 3.36. The number of aromatic nitrogens is 2. The van der Waals surface area contributed by atoms with E-state index in [0.29, 0.717) is 16.5 Å². The summed E-state index contributed by atoms with van der Waals surface area (Å²) in [7, 11) is 0. The zero-order valence-electron chi connectivity index (χ0n) is 13.0. The van der Waals surface area contributed by atoms with Gasteiger partial charge in [0.1, 0.15) is 5.01 Å². The van der Waals surface area contributed by atoms with Crippen molar-refractivity contribution in [1.29, 1.82) is 0 Å². The van der Waals surface area contributed by atoms with Crippen molar-refractivity contribution in [1.82, 2.24) is 10.2 Å². The highest BCUT2D eigenvalue weighted by molar-refractivity contribution is 7.15. The minimum atomic E-state index is -0.595. The van der Waals surface area contributed by atoms with Gasteiger partial charge in [-0.1, -0.05) is 46.7 Å². The van der Waals surface area contributed by atoms with Crippen molar-refractivity contribution < 1.29 is 9.72 Å². The van der Waals surface area contributed by atoms with Crippen LogP contribution in [0.5, 0.6) is 0 Å². The summed E-state index contributed by atoms with van der Waals surface area (Å²) in [6.45, 7) is 0. The van der Waals surface area contributed by atoms with Crippen molar-refractivity contribution in [3.8, 4) is 0 Å². The fourth-order valence-corrected chi connectivity index (χ4v) is 3.22. The van der Waals surface area contributed by atoms with E-state index in [0.717, 1.165) is 11.6 Å². The van der Waals surface area contributed by atoms with E-state index in [-0.39, 0.29) is 21.4 Å². The number of rotatable bonds is 5. The van der Waals surface area contributed by atoms with E-state index in [2.05, 4.69) is 15.5 Å². The standard InChI is InChI=1S/C16H10Cl2N4O3S/c17-10-3-1-9(2-4-10)7-14-20-21-16(26-14)19-15(23)12-8-11(22(24)25)5-6-13(12)18/h1-6,8H,7H2,(H,19,21,23). The smallest absolute Gasteiger partial charge is 0.270 e. The van der Waals surface area contributed by atoms with Crippen LogP contribution < -0.4 is 5.32 Å². The molecule has 0 fully saturated rings. The summed E-state index contributed by atoms with van der Waals surface area (Å²) in [6, 6.07) is 11.0. The number of amides is 1. The number of non-ortho nitro benzene ring substituents is 1. The highest BCUT2D eigenvalue weighted by atomic mass is 35.5. The van der Waals surface area contributed by atoms with E-state index >= 15 is 0 Å². The molecule has 3 aromatic rings. The molecule has 1 N–H and O–H groups in total. The molecule has 10 heteroatoms. The van der Waals surface area contributed by atoms with Gasteiger partial charge in [0.2, 0.25) is 5.13 Å². The molecule has 0 aliphatic rings. The van der Waals surface area contributed by atoms with Crippen LogP contribution in [0.3, 0.4) is 0 Å². The summed E-state index contributed by atoms with van der Waals surface area (Å²) in [6.07, 6.45) is 0.544. The average Bonchev–Trinajstić information content (AvgIpc) is 3.04. The number of benzene rings is 2. The van der Waals surface area contributed by atoms with Crippen LogP contribution in [-0.4, -0.2) is 21.0 Å². The van der Waals surface area contributed by atoms with Crippen molar-refractivity contribution in [3.05, 3.63) is 78.8 Å². The van der Waals surface area contributed by atoms with Gasteiger partial charge in [-0.15, -0.1) is 10.2 Å². The van der Waals surface area contributed by atoms with E-state index < -0.39 is 10.8 Å². The molecule has 0 aliphatic heterocycles. The molecule has 0 radical (unpaired) electrons. The summed E-state index contributed by atoms with van der Waals surface area (Å²) in [5, 5.41) is 23.1. The topological polar surface area (TPSA) is 98.0 Å². The Labute approximate surface area is 161 Å². The van der Waals surface area contributed by atoms with Gasteiger partial charge in [-0.25, -0.2) is 0 Å². The molecule has 0 spiro atoms. The van der Waals surface area contributed by atoms with Gasteiger partial charge in [0.05, 0.1) is 15.5 Å². The number of halogens is 2. The first-order chi connectivity index (χ1) is 12.4. The first-order valence-electron chi connectivity index (χ1n) is 7.24. The van der Waals surface area contributed by atoms with Gasteiger partial charge in [-0.2, -0.15) is 0 Å². The minimum absolute atomic E-state index is 0.00434. The SMILES string of the molecule is O=C(Nc1nnc(Cc2ccc(Cl)cc2)s1)c1cc([N+](=O)[O-])ccc1Cl. The quantitative estimate of drug-likeness (QED) is 0.491. The van der Waals surface area contributed by atoms with Crippen LogP contribution in [0, 0.1) is 10.1 Å². The summed E-state index contributed by atoms with van der Waals surface area (Å²) >= 11 is 13.0. The van der Waals surface area contributed by atoms with Crippen LogP contribution in [0.25, 0.3) is 0 Å². The predicted octanol–water partition coefficient (Wildman–Crippen LogP) is 4.60. The molecule has 0 saturated carbocycles. The second-order valence-electron chi connectivity index (χ2n) is 5.18. The largest absolute Gasteiger partial charge is 0.296 e. The molecule has 0 atom stereocenters. The fraction of sp³-hybridized carbons (Fsp3) is 0.0625. The van der Waals surface area contributed by atoms with E-state index in [1.165, 1.54) is 23.5 Å². The molecule has 1 amide bonds. The number of nitrogens with one attached hydrogen (secondary N) is 1. The highest BCUT2D eigenvalue weighted by Crippen LogP contribution is 2.25. The number of nitro benzene ring substituents is 1. The minimum Gasteiger partial charge on any atom is -0.296 e. The molecule has 1 heterocycles. The molecule has 26 heavy (non-hydrogen) atoms. The van der Waals surface area contributed by atoms with Crippen LogP contribution in [0.1, 0.15) is 20.9 Å². The van der Waals surface area contributed by atoms with Crippen molar-refractivity contribution in [2.45, 2.75) is 6.42 Å². The van der Waals surface area contributed by atoms with Crippen molar-refractivity contribution >= 4 is 51.3 Å². The summed E-state index contributed by atoms with van der Waals surface area (Å²) in [4.78, 5) is 22.6. The van der Waals surface area contributed by atoms with Gasteiger partial charge in [0, 0.05) is 23.6 Å². The van der Waals surface area contributed by atoms with Gasteiger partial charge in [-0.05, 0) is 23.8 Å². The lowest BCUT2D eigenvalue weighted by molar-refractivity contribution is -0.384. The maximum Gasteiger partial charge on any atom is 0.270 e. The summed E-state index contributed by atoms with van der Waals surface area (Å²) in [5.74, 6) is -0.590. The third-order valence-corrected chi connectivity index (χ3v) is 4.78. The van der Waals surface area contributed by atoms with E-state index in [1.54, 1.807) is 12.1 Å². The Balaban J connectivity index is 1.72. The molecule has 0 aliphatic carbocycles. The Kier molecular flexibility index (Phi) is 5.46. The summed E-state index contributed by atoms with van der Waals surface area (Å²) in [5.41, 5.74) is 0.778. The van der Waals surface area contributed by atoms with Crippen molar-refractivity contribution in [2.24, 2.45) is 0 Å². The Hall–Kier alpha value is -2.55. The lowest BCUT2D eigenvalue weighted by Crippen LogP contribution is -2.12. The van der Waals surface area contributed by atoms with Gasteiger partial charge in [-0.3, -0.25) is 20.2 Å². The second-order valence-corrected chi connectivity index (χ2v) is 7.09. The Bertz CT molecular complexity index is 976. The molecule has 1 aromatic heterocycles. The molecular formula is C16H10Cl2N4O3S. The molecule has 2 aromatic carbocycles. The molecule has 7 nitrogen and oxygen atoms in total. The van der Waals surface area contributed by atoms with E-state index in [9.17, 15) is 14.9 Å². The van der Waals surface area contributed by atoms with Crippen molar-refractivity contribution in [3.63, 3.8) is 0 Å². The average molecular weight is 409 g/mol. The molecule has 132 valence electrons. The van der Waals surface area contributed by atoms with Crippen LogP contribution >= 0.6 is 34.5 Å². The Morgan fingerprint density at radius 3 is 2.58 bits per heavy atom. The zero-order chi connectivity index (χ0) is 18.7. The number of carbonyl (C=O) groups is 1. The number of nitro groups is 1. The molecular weight excluding hydrogens is 399 g/mol. The molecule has 3 rings (SSSR count). The maximum atomic E-state index is 12.3. The number of anilines is 1. The summed E-state index contributed by atoms with van der Waals surface area (Å²) < 4.78 is 0. The molecule has 0 unspecified atom stereocenters. The second kappa shape index (κ2) is 7.77. The third kappa shape index (κ3) is 4.34. The fourth-order valence-electron chi connectivity index (χ4n) is 2.12. The predicted molar refractivity (Wildman–Crippen MR) is 100 cm³/mol. The van der Waals surface area contributed by atoms with E-state index in [1.807, 2.05) is 12.1 Å². The Morgan fingerprint density at radius 1 is 1.15 bits per heavy atom. The maximum absolute atomic E-state index is 12.3. The highest BCUT2D eigenvalue weighted by Gasteiger charge is 2.17. The lowest BCUT2D eigenvalue weighted by atomic mass is 10.2. The normalized spacial score (nSPS) is 10.5. The van der Waals surface area contributed by atoms with Crippen LogP contribution in [-0.2, 0) is 6.42 Å².